The van der Waals surface area contributed by atoms with Gasteiger partial charge in [0, 0.05) is 0 Å². The van der Waals surface area contributed by atoms with Gasteiger partial charge in [-0.25, -0.2) is 0 Å². The summed E-state index contributed by atoms with van der Waals surface area (Å²) in [6.45, 7) is -0.359. The Morgan fingerprint density at radius 2 is 2.00 bits per heavy atom. The molecule has 1 aliphatic rings. The molecule has 5 nitrogen and oxygen atoms in total. The number of nitrogens with two attached hydrogens (primary N) is 1. The van der Waals surface area contributed by atoms with Gasteiger partial charge < -0.3 is 25.8 Å². The van der Waals surface area contributed by atoms with Gasteiger partial charge in [-0.15, -0.1) is 0 Å². The molecule has 12 heavy (non-hydrogen) atoms. The zero-order chi connectivity index (χ0) is 9.30. The molecule has 72 valence electrons. The van der Waals surface area contributed by atoms with Crippen LogP contribution in [-0.2, 0) is 4.74 Å². The summed E-state index contributed by atoms with van der Waals surface area (Å²) < 4.78 is 4.81. The predicted octanol–water partition coefficient (Wildman–Crippen LogP) is -2.32. The molecule has 1 unspecified atom stereocenters. The summed E-state index contributed by atoms with van der Waals surface area (Å²) in [5.41, 5.74) is 5.44. The largest absolute Gasteiger partial charge is 0.394 e. The molecule has 0 bridgehead atoms. The Morgan fingerprint density at radius 1 is 1.42 bits per heavy atom. The second-order valence-corrected chi connectivity index (χ2v) is 3.40. The van der Waals surface area contributed by atoms with E-state index in [0.717, 1.165) is 0 Å². The van der Waals surface area contributed by atoms with Crippen molar-refractivity contribution in [1.29, 1.82) is 0 Å². The average molecular weight is 195 g/mol. The lowest BCUT2D eigenvalue weighted by molar-refractivity contribution is -0.213. The molecule has 1 heterocycles. The van der Waals surface area contributed by atoms with E-state index in [-0.39, 0.29) is 6.61 Å². The molecule has 0 spiro atoms. The second-order valence-electron chi connectivity index (χ2n) is 2.81. The van der Waals surface area contributed by atoms with Gasteiger partial charge in [0.25, 0.3) is 0 Å². The molecule has 0 radical (unpaired) electrons. The molecule has 1 aliphatic heterocycles. The van der Waals surface area contributed by atoms with Crippen molar-refractivity contribution in [1.82, 2.24) is 0 Å². The van der Waals surface area contributed by atoms with Gasteiger partial charge in [0.1, 0.15) is 6.10 Å². The van der Waals surface area contributed by atoms with Crippen LogP contribution in [0.3, 0.4) is 0 Å². The topological polar surface area (TPSA) is 95.9 Å². The second kappa shape index (κ2) is 3.91. The van der Waals surface area contributed by atoms with Gasteiger partial charge >= 0.3 is 0 Å². The van der Waals surface area contributed by atoms with E-state index in [1.165, 1.54) is 0 Å². The van der Waals surface area contributed by atoms with Crippen LogP contribution in [0.15, 0.2) is 0 Å². The zero-order valence-electron chi connectivity index (χ0n) is 6.37. The summed E-state index contributed by atoms with van der Waals surface area (Å²) in [5.74, 6) is 0. The smallest absolute Gasteiger partial charge is 0.171 e. The van der Waals surface area contributed by atoms with Crippen molar-refractivity contribution in [2.24, 2.45) is 5.73 Å². The minimum atomic E-state index is -1.17. The molecule has 5 atom stereocenters. The highest BCUT2D eigenvalue weighted by Gasteiger charge is 2.40. The van der Waals surface area contributed by atoms with Crippen LogP contribution in [0.2, 0.25) is 0 Å². The van der Waals surface area contributed by atoms with Crippen LogP contribution in [0.4, 0.5) is 0 Å². The van der Waals surface area contributed by atoms with Crippen LogP contribution in [0.1, 0.15) is 0 Å². The van der Waals surface area contributed by atoms with E-state index in [1.54, 1.807) is 0 Å². The predicted molar refractivity (Wildman–Crippen MR) is 44.7 cm³/mol. The van der Waals surface area contributed by atoms with Crippen LogP contribution in [0, 0.1) is 0 Å². The lowest BCUT2D eigenvalue weighted by Gasteiger charge is -2.38. The first-order valence-electron chi connectivity index (χ1n) is 3.64. The summed E-state index contributed by atoms with van der Waals surface area (Å²) in [7, 11) is 0. The third-order valence-corrected chi connectivity index (χ3v) is 2.60. The Kier molecular flexibility index (Phi) is 3.33. The summed E-state index contributed by atoms with van der Waals surface area (Å²) in [6, 6.07) is -0.730. The number of hydrogen-bond acceptors (Lipinski definition) is 6. The number of aliphatic hydroxyl groups is 3. The van der Waals surface area contributed by atoms with Crippen LogP contribution < -0.4 is 5.73 Å². The zero-order valence-corrected chi connectivity index (χ0v) is 7.26. The first kappa shape index (κ1) is 10.2. The maximum Gasteiger partial charge on any atom is 0.171 e. The van der Waals surface area contributed by atoms with Gasteiger partial charge in [0.15, 0.2) is 6.29 Å². The van der Waals surface area contributed by atoms with Crippen LogP contribution in [0.5, 0.6) is 0 Å². The van der Waals surface area contributed by atoms with E-state index >= 15 is 0 Å². The van der Waals surface area contributed by atoms with E-state index in [9.17, 15) is 5.11 Å². The molecule has 0 saturated carbocycles. The van der Waals surface area contributed by atoms with Crippen molar-refractivity contribution in [2.75, 3.05) is 6.61 Å². The van der Waals surface area contributed by atoms with E-state index in [0.29, 0.717) is 0 Å². The van der Waals surface area contributed by atoms with Crippen LogP contribution in [-0.4, -0.2) is 51.7 Å². The summed E-state index contributed by atoms with van der Waals surface area (Å²) >= 11 is 4.00. The minimum Gasteiger partial charge on any atom is -0.394 e. The summed E-state index contributed by atoms with van der Waals surface area (Å²) in [5, 5.41) is 26.7. The monoisotopic (exact) mass is 195 g/mol. The van der Waals surface area contributed by atoms with Gasteiger partial charge in [-0.2, -0.15) is 12.6 Å². The highest BCUT2D eigenvalue weighted by atomic mass is 32.1. The summed E-state index contributed by atoms with van der Waals surface area (Å²) in [6.07, 6.45) is -2.92. The molecular formula is C6H13NO4S. The van der Waals surface area contributed by atoms with E-state index in [1.807, 2.05) is 0 Å². The number of rotatable bonds is 1. The van der Waals surface area contributed by atoms with Crippen molar-refractivity contribution >= 4 is 12.6 Å². The lowest BCUT2D eigenvalue weighted by Crippen LogP contribution is -2.59. The maximum atomic E-state index is 9.37. The van der Waals surface area contributed by atoms with Gasteiger partial charge in [0.2, 0.25) is 0 Å². The standard InChI is InChI=1S/C6H13NO4S/c7-3-5(12)4(9)2(1-8)11-6(3)10/h2-6,8-10,12H,1,7H2/t2-,3-,4-,5?,6-/m1/s1. The Labute approximate surface area is 75.5 Å². The maximum absolute atomic E-state index is 9.37. The molecule has 1 fully saturated rings. The van der Waals surface area contributed by atoms with Crippen molar-refractivity contribution < 1.29 is 20.1 Å². The van der Waals surface area contributed by atoms with Crippen LogP contribution in [0.25, 0.3) is 0 Å². The molecule has 1 rings (SSSR count). The Hall–Kier alpha value is 0.150. The van der Waals surface area contributed by atoms with E-state index < -0.39 is 29.8 Å². The van der Waals surface area contributed by atoms with Crippen molar-refractivity contribution in [2.45, 2.75) is 29.8 Å². The van der Waals surface area contributed by atoms with Crippen molar-refractivity contribution in [3.8, 4) is 0 Å². The van der Waals surface area contributed by atoms with E-state index in [2.05, 4.69) is 12.6 Å². The first-order chi connectivity index (χ1) is 5.57. The lowest BCUT2D eigenvalue weighted by atomic mass is 10.0. The average Bonchev–Trinajstić information content (AvgIpc) is 2.08. The molecule has 0 aliphatic carbocycles. The number of aliphatic hydroxyl groups excluding tert-OH is 3. The number of thiol groups is 1. The Balaban J connectivity index is 2.63. The molecule has 0 amide bonds. The molecule has 1 saturated heterocycles. The highest BCUT2D eigenvalue weighted by molar-refractivity contribution is 7.81. The summed E-state index contributed by atoms with van der Waals surface area (Å²) in [4.78, 5) is 0. The van der Waals surface area contributed by atoms with E-state index in [4.69, 9.17) is 20.7 Å². The van der Waals surface area contributed by atoms with Crippen molar-refractivity contribution in [3.05, 3.63) is 0 Å². The van der Waals surface area contributed by atoms with Gasteiger partial charge in [-0.05, 0) is 0 Å². The molecule has 0 aromatic rings. The molecular weight excluding hydrogens is 182 g/mol. The quantitative estimate of drug-likeness (QED) is 0.303. The molecule has 5 N–H and O–H groups in total. The van der Waals surface area contributed by atoms with Crippen molar-refractivity contribution in [3.63, 3.8) is 0 Å². The third-order valence-electron chi connectivity index (χ3n) is 1.95. The fourth-order valence-corrected chi connectivity index (χ4v) is 1.46. The van der Waals surface area contributed by atoms with Gasteiger partial charge in [-0.3, -0.25) is 0 Å². The minimum absolute atomic E-state index is 0.359. The molecule has 0 aromatic heterocycles. The van der Waals surface area contributed by atoms with Gasteiger partial charge in [-0.1, -0.05) is 0 Å². The Bertz CT molecular complexity index is 154. The SMILES string of the molecule is N[C@@H]1C(S)[C@H](O)[C@@H](CO)O[C@H]1O. The molecule has 0 aromatic carbocycles. The Morgan fingerprint density at radius 3 is 2.50 bits per heavy atom. The van der Waals surface area contributed by atoms with Gasteiger partial charge in [0.05, 0.1) is 24.0 Å². The third kappa shape index (κ3) is 1.73. The normalized spacial score (nSPS) is 49.2. The highest BCUT2D eigenvalue weighted by Crippen LogP contribution is 2.21. The fraction of sp³-hybridized carbons (Fsp3) is 1.00. The fourth-order valence-electron chi connectivity index (χ4n) is 1.12. The number of hydrogen-bond donors (Lipinski definition) is 5. The first-order valence-corrected chi connectivity index (χ1v) is 4.15. The van der Waals surface area contributed by atoms with Crippen LogP contribution >= 0.6 is 12.6 Å². The molecule has 6 heteroatoms. The number of ether oxygens (including phenoxy) is 1.